The van der Waals surface area contributed by atoms with E-state index in [1.807, 2.05) is 31.2 Å². The second kappa shape index (κ2) is 6.31. The second-order valence-corrected chi connectivity index (χ2v) is 5.69. The number of rotatable bonds is 4. The van der Waals surface area contributed by atoms with Crippen LogP contribution in [0.3, 0.4) is 0 Å². The van der Waals surface area contributed by atoms with E-state index in [2.05, 4.69) is 10.2 Å². The fourth-order valence-electron chi connectivity index (χ4n) is 2.32. The third-order valence-electron chi connectivity index (χ3n) is 3.63. The molecule has 6 heteroatoms. The van der Waals surface area contributed by atoms with Gasteiger partial charge < -0.3 is 13.6 Å². The molecule has 0 aliphatic rings. The summed E-state index contributed by atoms with van der Waals surface area (Å²) in [6, 6.07) is 9.39. The third-order valence-corrected chi connectivity index (χ3v) is 3.63. The Morgan fingerprint density at radius 2 is 1.79 bits per heavy atom. The van der Waals surface area contributed by atoms with Gasteiger partial charge in [0.2, 0.25) is 5.89 Å². The lowest BCUT2D eigenvalue weighted by Gasteiger charge is -2.08. The second-order valence-electron chi connectivity index (χ2n) is 5.69. The summed E-state index contributed by atoms with van der Waals surface area (Å²) in [6.07, 6.45) is -0.654. The zero-order chi connectivity index (χ0) is 17.3. The Morgan fingerprint density at radius 1 is 1.08 bits per heavy atom. The Kier molecular flexibility index (Phi) is 4.20. The molecule has 3 aromatic rings. The van der Waals surface area contributed by atoms with Gasteiger partial charge >= 0.3 is 5.97 Å². The summed E-state index contributed by atoms with van der Waals surface area (Å²) in [5.74, 6) is 1.34. The Hall–Kier alpha value is -2.89. The van der Waals surface area contributed by atoms with Crippen molar-refractivity contribution >= 4 is 5.97 Å². The summed E-state index contributed by atoms with van der Waals surface area (Å²) in [5.41, 5.74) is 2.36. The third kappa shape index (κ3) is 3.22. The van der Waals surface area contributed by atoms with Crippen LogP contribution in [0.2, 0.25) is 0 Å². The molecule has 24 heavy (non-hydrogen) atoms. The maximum absolute atomic E-state index is 12.2. The smallest absolute Gasteiger partial charge is 0.342 e. The fraction of sp³-hybridized carbons (Fsp3) is 0.278. The summed E-state index contributed by atoms with van der Waals surface area (Å²) in [5, 5.41) is 7.98. The molecule has 0 N–H and O–H groups in total. The van der Waals surface area contributed by atoms with E-state index in [-0.39, 0.29) is 5.89 Å². The highest BCUT2D eigenvalue weighted by atomic mass is 16.6. The van der Waals surface area contributed by atoms with E-state index in [9.17, 15) is 4.79 Å². The van der Waals surface area contributed by atoms with Crippen molar-refractivity contribution in [2.45, 2.75) is 33.8 Å². The van der Waals surface area contributed by atoms with Crippen molar-refractivity contribution in [1.82, 2.24) is 10.2 Å². The molecular formula is C18H18N2O4. The number of ether oxygens (including phenoxy) is 1. The zero-order valence-electron chi connectivity index (χ0n) is 14.0. The highest BCUT2D eigenvalue weighted by molar-refractivity contribution is 5.90. The van der Waals surface area contributed by atoms with Crippen LogP contribution in [-0.2, 0) is 4.74 Å². The minimum atomic E-state index is -0.654. The molecule has 1 aromatic carbocycles. The molecule has 1 atom stereocenters. The summed E-state index contributed by atoms with van der Waals surface area (Å²) >= 11 is 0. The number of benzene rings is 1. The van der Waals surface area contributed by atoms with E-state index in [0.717, 1.165) is 11.1 Å². The normalized spacial score (nSPS) is 12.2. The van der Waals surface area contributed by atoms with E-state index in [0.29, 0.717) is 23.0 Å². The van der Waals surface area contributed by atoms with Crippen LogP contribution in [0.1, 0.15) is 46.4 Å². The van der Waals surface area contributed by atoms with Crippen molar-refractivity contribution < 1.29 is 18.4 Å². The number of carbonyl (C=O) groups excluding carboxylic acids is 1. The highest BCUT2D eigenvalue weighted by Crippen LogP contribution is 2.24. The average molecular weight is 326 g/mol. The van der Waals surface area contributed by atoms with Crippen molar-refractivity contribution in [3.63, 3.8) is 0 Å². The van der Waals surface area contributed by atoms with Crippen LogP contribution in [0.5, 0.6) is 0 Å². The molecule has 0 saturated heterocycles. The summed E-state index contributed by atoms with van der Waals surface area (Å²) in [7, 11) is 0. The summed E-state index contributed by atoms with van der Waals surface area (Å²) < 4.78 is 16.4. The molecule has 0 amide bonds. The number of furan rings is 1. The monoisotopic (exact) mass is 326 g/mol. The minimum Gasteiger partial charge on any atom is -0.466 e. The van der Waals surface area contributed by atoms with E-state index in [4.69, 9.17) is 13.6 Å². The van der Waals surface area contributed by atoms with Gasteiger partial charge in [0.05, 0.1) is 0 Å². The zero-order valence-corrected chi connectivity index (χ0v) is 14.0. The van der Waals surface area contributed by atoms with Crippen LogP contribution in [0.4, 0.5) is 0 Å². The fourth-order valence-corrected chi connectivity index (χ4v) is 2.32. The number of aromatic nitrogens is 2. The number of hydrogen-bond donors (Lipinski definition) is 0. The largest absolute Gasteiger partial charge is 0.466 e. The molecule has 0 aliphatic heterocycles. The standard InChI is InChI=1S/C18H18N2O4/c1-10-5-7-14(8-6-10)17-20-19-16(24-17)13(4)23-18(21)15-9-11(2)22-12(15)3/h5-9,13H,1-4H3/t13-/m0/s1. The Labute approximate surface area is 139 Å². The lowest BCUT2D eigenvalue weighted by molar-refractivity contribution is 0.0278. The van der Waals surface area contributed by atoms with Crippen LogP contribution in [0.25, 0.3) is 11.5 Å². The van der Waals surface area contributed by atoms with Crippen molar-refractivity contribution in [2.24, 2.45) is 0 Å². The molecular weight excluding hydrogens is 308 g/mol. The molecule has 2 heterocycles. The maximum atomic E-state index is 12.2. The summed E-state index contributed by atoms with van der Waals surface area (Å²) in [6.45, 7) is 7.19. The first-order chi connectivity index (χ1) is 11.4. The maximum Gasteiger partial charge on any atom is 0.342 e. The predicted octanol–water partition coefficient (Wildman–Crippen LogP) is 4.17. The van der Waals surface area contributed by atoms with E-state index in [1.165, 1.54) is 0 Å². The van der Waals surface area contributed by atoms with Crippen molar-refractivity contribution in [3.8, 4) is 11.5 Å². The SMILES string of the molecule is Cc1ccc(-c2nnc([C@H](C)OC(=O)c3cc(C)oc3C)o2)cc1. The van der Waals surface area contributed by atoms with E-state index in [1.54, 1.807) is 26.8 Å². The van der Waals surface area contributed by atoms with Gasteiger partial charge in [-0.1, -0.05) is 17.7 Å². The molecule has 0 fully saturated rings. The molecule has 0 aliphatic carbocycles. The topological polar surface area (TPSA) is 78.4 Å². The van der Waals surface area contributed by atoms with E-state index < -0.39 is 12.1 Å². The molecule has 124 valence electrons. The van der Waals surface area contributed by atoms with Crippen molar-refractivity contribution in [2.75, 3.05) is 0 Å². The molecule has 2 aromatic heterocycles. The van der Waals surface area contributed by atoms with Crippen LogP contribution in [0.15, 0.2) is 39.2 Å². The Balaban J connectivity index is 1.74. The number of carbonyl (C=O) groups is 1. The minimum absolute atomic E-state index is 0.247. The molecule has 0 unspecified atom stereocenters. The van der Waals surface area contributed by atoms with Crippen LogP contribution in [-0.4, -0.2) is 16.2 Å². The predicted molar refractivity (Wildman–Crippen MR) is 86.5 cm³/mol. The lowest BCUT2D eigenvalue weighted by atomic mass is 10.1. The molecule has 6 nitrogen and oxygen atoms in total. The number of nitrogens with zero attached hydrogens (tertiary/aromatic N) is 2. The average Bonchev–Trinajstić information content (AvgIpc) is 3.14. The molecule has 0 saturated carbocycles. The van der Waals surface area contributed by atoms with Gasteiger partial charge in [-0.05, 0) is 45.9 Å². The van der Waals surface area contributed by atoms with E-state index >= 15 is 0 Å². The van der Waals surface area contributed by atoms with Gasteiger partial charge in [0, 0.05) is 5.56 Å². The van der Waals surface area contributed by atoms with Crippen molar-refractivity contribution in [3.05, 3.63) is 58.9 Å². The first-order valence-electron chi connectivity index (χ1n) is 7.62. The van der Waals surface area contributed by atoms with Crippen molar-refractivity contribution in [1.29, 1.82) is 0 Å². The molecule has 0 spiro atoms. The number of hydrogen-bond acceptors (Lipinski definition) is 6. The first-order valence-corrected chi connectivity index (χ1v) is 7.62. The summed E-state index contributed by atoms with van der Waals surface area (Å²) in [4.78, 5) is 12.2. The lowest BCUT2D eigenvalue weighted by Crippen LogP contribution is -2.09. The number of aryl methyl sites for hydroxylation is 3. The van der Waals surface area contributed by atoms with Crippen LogP contribution in [0, 0.1) is 20.8 Å². The first kappa shape index (κ1) is 16.0. The molecule has 0 radical (unpaired) electrons. The van der Waals surface area contributed by atoms with Gasteiger partial charge in [0.1, 0.15) is 17.1 Å². The highest BCUT2D eigenvalue weighted by Gasteiger charge is 2.22. The molecule has 3 rings (SSSR count). The van der Waals surface area contributed by atoms with Gasteiger partial charge in [0.25, 0.3) is 5.89 Å². The number of esters is 1. The van der Waals surface area contributed by atoms with Crippen LogP contribution >= 0.6 is 0 Å². The quantitative estimate of drug-likeness (QED) is 0.669. The Morgan fingerprint density at radius 3 is 2.42 bits per heavy atom. The van der Waals surface area contributed by atoms with Gasteiger partial charge in [0.15, 0.2) is 6.10 Å². The van der Waals surface area contributed by atoms with Crippen LogP contribution < -0.4 is 0 Å². The molecule has 0 bridgehead atoms. The van der Waals surface area contributed by atoms with Gasteiger partial charge in [-0.25, -0.2) is 4.79 Å². The Bertz CT molecular complexity index is 862. The van der Waals surface area contributed by atoms with Gasteiger partial charge in [-0.15, -0.1) is 10.2 Å². The van der Waals surface area contributed by atoms with Gasteiger partial charge in [-0.3, -0.25) is 0 Å². The van der Waals surface area contributed by atoms with Gasteiger partial charge in [-0.2, -0.15) is 0 Å².